The van der Waals surface area contributed by atoms with E-state index in [0.717, 1.165) is 12.8 Å². The molecule has 0 N–H and O–H groups in total. The molecule has 11 heavy (non-hydrogen) atoms. The van der Waals surface area contributed by atoms with Crippen LogP contribution in [-0.4, -0.2) is 0 Å². The van der Waals surface area contributed by atoms with E-state index in [0.29, 0.717) is 0 Å². The third-order valence-electron chi connectivity index (χ3n) is 1.19. The van der Waals surface area contributed by atoms with E-state index in [1.54, 1.807) is 0 Å². The highest BCUT2D eigenvalue weighted by atomic mass is 127. The maximum Gasteiger partial charge on any atom is 0.00896 e. The predicted molar refractivity (Wildman–Crippen MR) is 59.7 cm³/mol. The molecule has 0 bridgehead atoms. The Balaban J connectivity index is 3.64. The molecule has 0 spiro atoms. The summed E-state index contributed by atoms with van der Waals surface area (Å²) in [6.07, 6.45) is 6.59. The molecular formula is C10H15I. The van der Waals surface area contributed by atoms with Crippen molar-refractivity contribution in [3.8, 4) is 11.8 Å². The first kappa shape index (κ1) is 11.0. The number of halogens is 1. The Morgan fingerprint density at radius 1 is 1.36 bits per heavy atom. The Hall–Kier alpha value is 0.0300. The van der Waals surface area contributed by atoms with Gasteiger partial charge in [-0.15, -0.1) is 0 Å². The van der Waals surface area contributed by atoms with Crippen LogP contribution >= 0.6 is 22.6 Å². The molecular weight excluding hydrogens is 247 g/mol. The summed E-state index contributed by atoms with van der Waals surface area (Å²) in [5, 5.41) is 0. The standard InChI is InChI=1S/C10H15I/c1-3-5-6-7-9-10(11)8-4-2/h9H,3-5,8H2,1-2H3. The molecule has 1 heteroatoms. The largest absolute Gasteiger partial charge is 0.0985 e. The lowest BCUT2D eigenvalue weighted by Gasteiger charge is -1.89. The monoisotopic (exact) mass is 262 g/mol. The van der Waals surface area contributed by atoms with Crippen molar-refractivity contribution in [3.63, 3.8) is 0 Å². The lowest BCUT2D eigenvalue weighted by molar-refractivity contribution is 0.954. The summed E-state index contributed by atoms with van der Waals surface area (Å²) in [4.78, 5) is 0. The van der Waals surface area contributed by atoms with Gasteiger partial charge in [-0.05, 0) is 45.1 Å². The fourth-order valence-corrected chi connectivity index (χ4v) is 1.33. The highest BCUT2D eigenvalue weighted by molar-refractivity contribution is 14.1. The third-order valence-corrected chi connectivity index (χ3v) is 2.05. The van der Waals surface area contributed by atoms with E-state index in [9.17, 15) is 0 Å². The summed E-state index contributed by atoms with van der Waals surface area (Å²) in [5.41, 5.74) is 0. The van der Waals surface area contributed by atoms with Gasteiger partial charge in [0.25, 0.3) is 0 Å². The van der Waals surface area contributed by atoms with Crippen LogP contribution < -0.4 is 0 Å². The van der Waals surface area contributed by atoms with Crippen LogP contribution in [0.15, 0.2) is 9.66 Å². The molecule has 0 amide bonds. The van der Waals surface area contributed by atoms with Crippen molar-refractivity contribution >= 4 is 22.6 Å². The van der Waals surface area contributed by atoms with Crippen LogP contribution in [0.1, 0.15) is 39.5 Å². The number of hydrogen-bond donors (Lipinski definition) is 0. The fraction of sp³-hybridized carbons (Fsp3) is 0.600. The summed E-state index contributed by atoms with van der Waals surface area (Å²) in [5.74, 6) is 6.14. The smallest absolute Gasteiger partial charge is 0.00896 e. The van der Waals surface area contributed by atoms with Crippen molar-refractivity contribution in [1.29, 1.82) is 0 Å². The van der Waals surface area contributed by atoms with Crippen LogP contribution in [0.3, 0.4) is 0 Å². The Kier molecular flexibility index (Phi) is 8.15. The fourth-order valence-electron chi connectivity index (χ4n) is 0.638. The summed E-state index contributed by atoms with van der Waals surface area (Å²) >= 11 is 2.35. The molecule has 0 aliphatic heterocycles. The molecule has 0 aromatic heterocycles. The molecule has 0 aromatic carbocycles. The van der Waals surface area contributed by atoms with Gasteiger partial charge in [-0.3, -0.25) is 0 Å². The van der Waals surface area contributed by atoms with Gasteiger partial charge in [-0.2, -0.15) is 0 Å². The molecule has 0 aliphatic rings. The first-order chi connectivity index (χ1) is 5.31. The van der Waals surface area contributed by atoms with E-state index >= 15 is 0 Å². The Morgan fingerprint density at radius 2 is 2.09 bits per heavy atom. The van der Waals surface area contributed by atoms with Crippen molar-refractivity contribution < 1.29 is 0 Å². The number of allylic oxidation sites excluding steroid dienone is 2. The third kappa shape index (κ3) is 7.93. The van der Waals surface area contributed by atoms with Gasteiger partial charge < -0.3 is 0 Å². The van der Waals surface area contributed by atoms with Crippen molar-refractivity contribution in [2.45, 2.75) is 39.5 Å². The highest BCUT2D eigenvalue weighted by Crippen LogP contribution is 2.11. The first-order valence-corrected chi connectivity index (χ1v) is 5.22. The van der Waals surface area contributed by atoms with Gasteiger partial charge in [0, 0.05) is 6.42 Å². The summed E-state index contributed by atoms with van der Waals surface area (Å²) < 4.78 is 1.37. The molecule has 0 aromatic rings. The molecule has 0 fully saturated rings. The lowest BCUT2D eigenvalue weighted by atomic mass is 10.3. The Morgan fingerprint density at radius 3 is 2.64 bits per heavy atom. The molecule has 0 aliphatic carbocycles. The van der Waals surface area contributed by atoms with E-state index < -0.39 is 0 Å². The molecule has 0 saturated carbocycles. The maximum atomic E-state index is 3.09. The minimum Gasteiger partial charge on any atom is -0.0985 e. The van der Waals surface area contributed by atoms with Gasteiger partial charge in [0.2, 0.25) is 0 Å². The van der Waals surface area contributed by atoms with Gasteiger partial charge in [-0.1, -0.05) is 32.1 Å². The minimum absolute atomic E-state index is 1.02. The van der Waals surface area contributed by atoms with Crippen LogP contribution in [0, 0.1) is 11.8 Å². The lowest BCUT2D eigenvalue weighted by Crippen LogP contribution is -1.68. The van der Waals surface area contributed by atoms with Crippen LogP contribution in [0.5, 0.6) is 0 Å². The van der Waals surface area contributed by atoms with Gasteiger partial charge in [0.15, 0.2) is 0 Å². The van der Waals surface area contributed by atoms with Crippen LogP contribution in [0.2, 0.25) is 0 Å². The van der Waals surface area contributed by atoms with E-state index in [1.807, 2.05) is 6.08 Å². The van der Waals surface area contributed by atoms with Gasteiger partial charge in [0.05, 0.1) is 0 Å². The number of hydrogen-bond acceptors (Lipinski definition) is 0. The summed E-state index contributed by atoms with van der Waals surface area (Å²) in [6, 6.07) is 0. The topological polar surface area (TPSA) is 0 Å². The average molecular weight is 262 g/mol. The zero-order valence-corrected chi connectivity index (χ0v) is 9.44. The predicted octanol–water partition coefficient (Wildman–Crippen LogP) is 3.91. The van der Waals surface area contributed by atoms with Gasteiger partial charge in [-0.25, -0.2) is 0 Å². The second-order valence-electron chi connectivity index (χ2n) is 2.41. The molecule has 0 radical (unpaired) electrons. The van der Waals surface area contributed by atoms with Crippen LogP contribution in [-0.2, 0) is 0 Å². The molecule has 0 unspecified atom stereocenters. The Labute approximate surface area is 83.6 Å². The number of unbranched alkanes of at least 4 members (excludes halogenated alkanes) is 1. The Bertz CT molecular complexity index is 169. The molecule has 0 heterocycles. The van der Waals surface area contributed by atoms with Crippen LogP contribution in [0.4, 0.5) is 0 Å². The van der Waals surface area contributed by atoms with Gasteiger partial charge in [0.1, 0.15) is 0 Å². The first-order valence-electron chi connectivity index (χ1n) is 4.14. The summed E-state index contributed by atoms with van der Waals surface area (Å²) in [6.45, 7) is 4.33. The van der Waals surface area contributed by atoms with Gasteiger partial charge >= 0.3 is 0 Å². The van der Waals surface area contributed by atoms with Crippen molar-refractivity contribution in [2.75, 3.05) is 0 Å². The average Bonchev–Trinajstić information content (AvgIpc) is 1.99. The zero-order valence-electron chi connectivity index (χ0n) is 7.28. The SMILES string of the molecule is CCCC#CC=C(I)CCC. The highest BCUT2D eigenvalue weighted by Gasteiger charge is 1.84. The quantitative estimate of drug-likeness (QED) is 0.534. The molecule has 0 rings (SSSR count). The van der Waals surface area contributed by atoms with Crippen molar-refractivity contribution in [1.82, 2.24) is 0 Å². The zero-order chi connectivity index (χ0) is 8.53. The van der Waals surface area contributed by atoms with Crippen LogP contribution in [0.25, 0.3) is 0 Å². The van der Waals surface area contributed by atoms with Crippen molar-refractivity contribution in [3.05, 3.63) is 9.66 Å². The van der Waals surface area contributed by atoms with E-state index in [2.05, 4.69) is 48.3 Å². The van der Waals surface area contributed by atoms with E-state index in [4.69, 9.17) is 0 Å². The maximum absolute atomic E-state index is 3.09. The molecule has 62 valence electrons. The molecule has 0 saturated heterocycles. The summed E-state index contributed by atoms with van der Waals surface area (Å²) in [7, 11) is 0. The minimum atomic E-state index is 1.02. The number of rotatable bonds is 3. The van der Waals surface area contributed by atoms with Crippen molar-refractivity contribution in [2.24, 2.45) is 0 Å². The second-order valence-corrected chi connectivity index (χ2v) is 3.80. The normalized spacial score (nSPS) is 10.6. The van der Waals surface area contributed by atoms with E-state index in [1.165, 1.54) is 16.4 Å². The molecule has 0 nitrogen and oxygen atoms in total. The second kappa shape index (κ2) is 8.13. The van der Waals surface area contributed by atoms with E-state index in [-0.39, 0.29) is 0 Å². The molecule has 0 atom stereocenters.